The predicted molar refractivity (Wildman–Crippen MR) is 162 cm³/mol. The number of pyridine rings is 1. The van der Waals surface area contributed by atoms with Crippen LogP contribution in [0.1, 0.15) is 63.8 Å². The zero-order valence-electron chi connectivity index (χ0n) is 26.4. The lowest BCUT2D eigenvalue weighted by Gasteiger charge is -2.48. The van der Waals surface area contributed by atoms with Crippen LogP contribution in [0.5, 0.6) is 5.75 Å². The molecule has 3 aromatic rings. The van der Waals surface area contributed by atoms with Crippen molar-refractivity contribution in [2.75, 3.05) is 40.1 Å². The molecule has 0 bridgehead atoms. The number of aromatic amines is 1. The molecular weight excluding hydrogens is 591 g/mol. The molecule has 2 saturated heterocycles. The second-order valence-electron chi connectivity index (χ2n) is 12.7. The summed E-state index contributed by atoms with van der Waals surface area (Å²) < 4.78 is 64.8. The minimum atomic E-state index is -4.45. The summed E-state index contributed by atoms with van der Waals surface area (Å²) in [4.78, 5) is 21.1. The summed E-state index contributed by atoms with van der Waals surface area (Å²) in [5.41, 5.74) is 2.71. The van der Waals surface area contributed by atoms with Crippen molar-refractivity contribution >= 4 is 17.1 Å². The van der Waals surface area contributed by atoms with E-state index in [4.69, 9.17) is 23.9 Å². The van der Waals surface area contributed by atoms with Crippen molar-refractivity contribution in [1.29, 1.82) is 0 Å². The number of amides is 1. The first-order chi connectivity index (χ1) is 21.3. The van der Waals surface area contributed by atoms with Crippen molar-refractivity contribution in [1.82, 2.24) is 25.0 Å². The SMILES string of the molecule is COCOc1ccc(-c2cc(C([C@H]3CCCCO3)N3CCN(C(=O)OC(C)(C)C)CC3CC(F)(F)F)c3c(C)n[nH]c3n2)cc1. The summed E-state index contributed by atoms with van der Waals surface area (Å²) in [7, 11) is 1.55. The highest BCUT2D eigenvalue weighted by atomic mass is 19.4. The monoisotopic (exact) mass is 633 g/mol. The van der Waals surface area contributed by atoms with Gasteiger partial charge in [-0.25, -0.2) is 9.78 Å². The van der Waals surface area contributed by atoms with E-state index in [1.165, 1.54) is 4.90 Å². The number of carbonyl (C=O) groups excluding carboxylic acids is 1. The molecule has 2 unspecified atom stereocenters. The second kappa shape index (κ2) is 13.5. The molecule has 4 heterocycles. The molecule has 3 atom stereocenters. The molecule has 0 radical (unpaired) electrons. The second-order valence-corrected chi connectivity index (χ2v) is 12.7. The van der Waals surface area contributed by atoms with Gasteiger partial charge in [0.15, 0.2) is 12.4 Å². The molecule has 2 aliphatic rings. The molecule has 0 saturated carbocycles. The third kappa shape index (κ3) is 8.06. The number of fused-ring (bicyclic) bond motifs is 1. The Morgan fingerprint density at radius 1 is 1.16 bits per heavy atom. The third-order valence-electron chi connectivity index (χ3n) is 8.12. The Morgan fingerprint density at radius 2 is 1.91 bits per heavy atom. The van der Waals surface area contributed by atoms with E-state index in [0.29, 0.717) is 35.8 Å². The maximum absolute atomic E-state index is 14.1. The van der Waals surface area contributed by atoms with E-state index in [2.05, 4.69) is 10.2 Å². The number of methoxy groups -OCH3 is 1. The number of aryl methyl sites for hydroxylation is 1. The molecule has 246 valence electrons. The van der Waals surface area contributed by atoms with Crippen molar-refractivity contribution in [2.24, 2.45) is 0 Å². The number of hydrogen-bond donors (Lipinski definition) is 1. The Hall–Kier alpha value is -3.42. The molecule has 13 heteroatoms. The lowest BCUT2D eigenvalue weighted by molar-refractivity contribution is -0.161. The van der Waals surface area contributed by atoms with Gasteiger partial charge in [-0.1, -0.05) is 0 Å². The van der Waals surface area contributed by atoms with Gasteiger partial charge in [-0.2, -0.15) is 18.3 Å². The van der Waals surface area contributed by atoms with Gasteiger partial charge in [0.1, 0.15) is 11.4 Å². The molecule has 1 N–H and O–H groups in total. The Kier molecular flexibility index (Phi) is 9.90. The number of halogens is 3. The van der Waals surface area contributed by atoms with Gasteiger partial charge in [0.2, 0.25) is 0 Å². The molecule has 0 aliphatic carbocycles. The number of hydrogen-bond acceptors (Lipinski definition) is 8. The highest BCUT2D eigenvalue weighted by Crippen LogP contribution is 2.41. The lowest BCUT2D eigenvalue weighted by Crippen LogP contribution is -2.59. The van der Waals surface area contributed by atoms with Gasteiger partial charge in [-0.3, -0.25) is 10.00 Å². The highest BCUT2D eigenvalue weighted by Gasteiger charge is 2.45. The predicted octanol–water partition coefficient (Wildman–Crippen LogP) is 6.40. The summed E-state index contributed by atoms with van der Waals surface area (Å²) in [5.74, 6) is 0.630. The van der Waals surface area contributed by atoms with Crippen LogP contribution >= 0.6 is 0 Å². The molecule has 2 fully saturated rings. The van der Waals surface area contributed by atoms with E-state index in [9.17, 15) is 18.0 Å². The van der Waals surface area contributed by atoms with Crippen LogP contribution in [0.15, 0.2) is 30.3 Å². The molecular formula is C32H42F3N5O5. The van der Waals surface area contributed by atoms with Crippen LogP contribution in [-0.2, 0) is 14.2 Å². The number of benzene rings is 1. The summed E-state index contributed by atoms with van der Waals surface area (Å²) in [5, 5.41) is 8.21. The van der Waals surface area contributed by atoms with Crippen LogP contribution in [-0.4, -0.2) is 95.1 Å². The lowest BCUT2D eigenvalue weighted by atomic mass is 9.89. The average Bonchev–Trinajstić information content (AvgIpc) is 3.36. The maximum Gasteiger partial charge on any atom is 0.410 e. The van der Waals surface area contributed by atoms with Gasteiger partial charge in [0, 0.05) is 50.3 Å². The van der Waals surface area contributed by atoms with E-state index >= 15 is 0 Å². The molecule has 2 aromatic heterocycles. The number of nitrogens with one attached hydrogen (secondary N) is 1. The number of carbonyl (C=O) groups is 1. The summed E-state index contributed by atoms with van der Waals surface area (Å²) in [6, 6.07) is 7.78. The number of ether oxygens (including phenoxy) is 4. The first-order valence-electron chi connectivity index (χ1n) is 15.3. The van der Waals surface area contributed by atoms with E-state index in [-0.39, 0.29) is 32.5 Å². The van der Waals surface area contributed by atoms with Gasteiger partial charge >= 0.3 is 12.3 Å². The molecule has 0 spiro atoms. The first-order valence-corrected chi connectivity index (χ1v) is 15.3. The van der Waals surface area contributed by atoms with Crippen LogP contribution in [0.4, 0.5) is 18.0 Å². The van der Waals surface area contributed by atoms with Crippen LogP contribution in [0.25, 0.3) is 22.3 Å². The Labute approximate surface area is 261 Å². The van der Waals surface area contributed by atoms with Gasteiger partial charge in [-0.15, -0.1) is 0 Å². The number of H-pyrrole nitrogens is 1. The zero-order valence-corrected chi connectivity index (χ0v) is 26.4. The Morgan fingerprint density at radius 3 is 2.56 bits per heavy atom. The quantitative estimate of drug-likeness (QED) is 0.285. The topological polar surface area (TPSA) is 102 Å². The van der Waals surface area contributed by atoms with Crippen LogP contribution < -0.4 is 4.74 Å². The third-order valence-corrected chi connectivity index (χ3v) is 8.12. The van der Waals surface area contributed by atoms with E-state index in [0.717, 1.165) is 29.4 Å². The maximum atomic E-state index is 14.1. The van der Waals surface area contributed by atoms with Gasteiger partial charge in [0.05, 0.1) is 30.0 Å². The summed E-state index contributed by atoms with van der Waals surface area (Å²) in [6.45, 7) is 8.04. The van der Waals surface area contributed by atoms with Crippen molar-refractivity contribution in [3.8, 4) is 17.0 Å². The molecule has 45 heavy (non-hydrogen) atoms. The molecule has 2 aliphatic heterocycles. The number of piperazine rings is 1. The van der Waals surface area contributed by atoms with Crippen LogP contribution in [0, 0.1) is 6.92 Å². The van der Waals surface area contributed by atoms with E-state index in [1.807, 2.05) is 42.2 Å². The smallest absolute Gasteiger partial charge is 0.410 e. The van der Waals surface area contributed by atoms with Crippen molar-refractivity contribution in [3.05, 3.63) is 41.6 Å². The Balaban J connectivity index is 1.58. The first kappa shape index (κ1) is 33.0. The zero-order chi connectivity index (χ0) is 32.4. The van der Waals surface area contributed by atoms with E-state index < -0.39 is 36.4 Å². The highest BCUT2D eigenvalue weighted by molar-refractivity contribution is 5.85. The van der Waals surface area contributed by atoms with Gasteiger partial charge < -0.3 is 23.8 Å². The minimum Gasteiger partial charge on any atom is -0.468 e. The summed E-state index contributed by atoms with van der Waals surface area (Å²) in [6.07, 6.45) is -4.02. The fraction of sp³-hybridized carbons (Fsp3) is 0.594. The molecule has 10 nitrogen and oxygen atoms in total. The van der Waals surface area contributed by atoms with E-state index in [1.54, 1.807) is 27.9 Å². The number of rotatable bonds is 8. The van der Waals surface area contributed by atoms with Gasteiger partial charge in [-0.05, 0) is 82.9 Å². The number of aromatic nitrogens is 3. The Bertz CT molecular complexity index is 1450. The number of alkyl halides is 3. The molecule has 5 rings (SSSR count). The average molecular weight is 634 g/mol. The van der Waals surface area contributed by atoms with Crippen molar-refractivity contribution in [2.45, 2.75) is 83.3 Å². The minimum absolute atomic E-state index is 0.116. The fourth-order valence-corrected chi connectivity index (χ4v) is 6.23. The normalized spacial score (nSPS) is 20.8. The largest absolute Gasteiger partial charge is 0.468 e. The van der Waals surface area contributed by atoms with Crippen molar-refractivity contribution in [3.63, 3.8) is 0 Å². The fourth-order valence-electron chi connectivity index (χ4n) is 6.23. The standard InChI is InChI=1S/C32H42F3N5O5/c1-20-27-24(16-25(36-29(27)38-37-20)21-9-11-23(12-10-21)44-19-42-5)28(26-8-6-7-15-43-26)40-14-13-39(30(41)45-31(2,3)4)18-22(40)17-32(33,34)35/h9-12,16,22,26,28H,6-8,13-15,17-19H2,1-5H3,(H,36,37,38)/t22?,26-,28?/m1/s1. The molecule has 1 aromatic carbocycles. The van der Waals surface area contributed by atoms with Crippen molar-refractivity contribution < 1.29 is 36.9 Å². The van der Waals surface area contributed by atoms with Gasteiger partial charge in [0.25, 0.3) is 0 Å². The molecule has 1 amide bonds. The number of nitrogens with zero attached hydrogens (tertiary/aromatic N) is 4. The summed E-state index contributed by atoms with van der Waals surface area (Å²) >= 11 is 0. The van der Waals surface area contributed by atoms with Crippen LogP contribution in [0.3, 0.4) is 0 Å². The van der Waals surface area contributed by atoms with Crippen LogP contribution in [0.2, 0.25) is 0 Å².